The van der Waals surface area contributed by atoms with Crippen molar-refractivity contribution in [3.05, 3.63) is 27.7 Å². The van der Waals surface area contributed by atoms with E-state index in [4.69, 9.17) is 5.73 Å². The van der Waals surface area contributed by atoms with Crippen LogP contribution in [0, 0.1) is 5.41 Å². The molecule has 1 aromatic rings. The molecule has 0 amide bonds. The first-order chi connectivity index (χ1) is 8.52. The molecular weight excluding hydrogens is 327 g/mol. The highest BCUT2D eigenvalue weighted by molar-refractivity contribution is 9.10. The predicted molar refractivity (Wildman–Crippen MR) is 68.6 cm³/mol. The van der Waals surface area contributed by atoms with Gasteiger partial charge >= 0.3 is 6.18 Å². The van der Waals surface area contributed by atoms with Gasteiger partial charge in [-0.15, -0.1) is 0 Å². The highest BCUT2D eigenvalue weighted by Gasteiger charge is 2.40. The molecule has 1 rings (SSSR count). The Labute approximate surface area is 117 Å². The van der Waals surface area contributed by atoms with Gasteiger partial charge in [-0.05, 0) is 28.1 Å². The zero-order valence-electron chi connectivity index (χ0n) is 10.4. The van der Waals surface area contributed by atoms with Gasteiger partial charge in [0.15, 0.2) is 0 Å². The van der Waals surface area contributed by atoms with Crippen molar-refractivity contribution in [1.82, 2.24) is 0 Å². The first-order valence-electron chi connectivity index (χ1n) is 5.47. The second kappa shape index (κ2) is 5.30. The van der Waals surface area contributed by atoms with Crippen LogP contribution in [0.4, 0.5) is 13.2 Å². The average molecular weight is 342 g/mol. The van der Waals surface area contributed by atoms with E-state index in [0.29, 0.717) is 0 Å². The molecular formula is C12H15BrF3NO2. The molecule has 7 heteroatoms. The molecule has 0 bridgehead atoms. The number of alkyl halides is 3. The molecule has 0 aliphatic rings. The van der Waals surface area contributed by atoms with Crippen LogP contribution in [0.3, 0.4) is 0 Å². The van der Waals surface area contributed by atoms with Crippen LogP contribution in [0.2, 0.25) is 0 Å². The van der Waals surface area contributed by atoms with Crippen LogP contribution in [0.1, 0.15) is 31.0 Å². The number of aliphatic hydroxyl groups is 1. The summed E-state index contributed by atoms with van der Waals surface area (Å²) in [5.74, 6) is -0.552. The lowest BCUT2D eigenvalue weighted by Gasteiger charge is -2.32. The fourth-order valence-corrected chi connectivity index (χ4v) is 1.98. The highest BCUT2D eigenvalue weighted by Crippen LogP contribution is 2.45. The van der Waals surface area contributed by atoms with Crippen LogP contribution < -0.4 is 5.73 Å². The van der Waals surface area contributed by atoms with Crippen LogP contribution in [-0.4, -0.2) is 16.8 Å². The Morgan fingerprint density at radius 1 is 1.32 bits per heavy atom. The number of halogens is 4. The molecule has 19 heavy (non-hydrogen) atoms. The SMILES string of the molecule is CC(C)(CO)[C@@H](N)c1c(C(F)(F)F)ccc(Br)c1O. The van der Waals surface area contributed by atoms with Gasteiger partial charge in [0.25, 0.3) is 0 Å². The van der Waals surface area contributed by atoms with E-state index >= 15 is 0 Å². The number of aromatic hydroxyl groups is 1. The Bertz CT molecular complexity index is 475. The molecule has 0 radical (unpaired) electrons. The third-order valence-electron chi connectivity index (χ3n) is 3.03. The number of benzene rings is 1. The highest BCUT2D eigenvalue weighted by atomic mass is 79.9. The normalized spacial score (nSPS) is 14.5. The van der Waals surface area contributed by atoms with Gasteiger partial charge in [-0.25, -0.2) is 0 Å². The summed E-state index contributed by atoms with van der Waals surface area (Å²) < 4.78 is 39.0. The Morgan fingerprint density at radius 3 is 2.26 bits per heavy atom. The van der Waals surface area contributed by atoms with Gasteiger partial charge in [-0.2, -0.15) is 13.2 Å². The number of phenolic OH excluding ortho intramolecular Hbond substituents is 1. The maximum Gasteiger partial charge on any atom is 0.416 e. The van der Waals surface area contributed by atoms with Crippen LogP contribution in [0.25, 0.3) is 0 Å². The molecule has 0 spiro atoms. The molecule has 0 fully saturated rings. The molecule has 4 N–H and O–H groups in total. The summed E-state index contributed by atoms with van der Waals surface area (Å²) in [7, 11) is 0. The molecule has 3 nitrogen and oxygen atoms in total. The fourth-order valence-electron chi connectivity index (χ4n) is 1.63. The van der Waals surface area contributed by atoms with Gasteiger partial charge in [-0.1, -0.05) is 13.8 Å². The minimum absolute atomic E-state index is 0.125. The minimum atomic E-state index is -4.63. The summed E-state index contributed by atoms with van der Waals surface area (Å²) in [5, 5.41) is 19.1. The lowest BCUT2D eigenvalue weighted by atomic mass is 9.79. The van der Waals surface area contributed by atoms with E-state index in [2.05, 4.69) is 15.9 Å². The molecule has 1 atom stereocenters. The minimum Gasteiger partial charge on any atom is -0.506 e. The van der Waals surface area contributed by atoms with Crippen LogP contribution in [0.5, 0.6) is 5.75 Å². The maximum absolute atomic E-state index is 13.0. The molecule has 0 saturated heterocycles. The second-order valence-electron chi connectivity index (χ2n) is 4.98. The number of hydrogen-bond donors (Lipinski definition) is 3. The summed E-state index contributed by atoms with van der Waals surface area (Å²) >= 11 is 2.97. The van der Waals surface area contributed by atoms with Crippen molar-refractivity contribution in [2.45, 2.75) is 26.1 Å². The molecule has 0 unspecified atom stereocenters. The Morgan fingerprint density at radius 2 is 1.84 bits per heavy atom. The van der Waals surface area contributed by atoms with Crippen LogP contribution >= 0.6 is 15.9 Å². The number of phenols is 1. The van der Waals surface area contributed by atoms with Crippen molar-refractivity contribution in [2.24, 2.45) is 11.1 Å². The average Bonchev–Trinajstić information content (AvgIpc) is 2.30. The maximum atomic E-state index is 13.0. The van der Waals surface area contributed by atoms with Gasteiger partial charge in [0.1, 0.15) is 5.75 Å². The summed E-state index contributed by atoms with van der Waals surface area (Å²) in [6.07, 6.45) is -4.63. The first kappa shape index (κ1) is 16.3. The van der Waals surface area contributed by atoms with Gasteiger partial charge in [0, 0.05) is 23.6 Å². The fraction of sp³-hybridized carbons (Fsp3) is 0.500. The van der Waals surface area contributed by atoms with E-state index < -0.39 is 41.1 Å². The van der Waals surface area contributed by atoms with Gasteiger partial charge in [0.05, 0.1) is 10.0 Å². The molecule has 0 aliphatic carbocycles. The number of rotatable bonds is 3. The molecule has 0 aliphatic heterocycles. The van der Waals surface area contributed by atoms with E-state index in [0.717, 1.165) is 12.1 Å². The molecule has 0 aromatic heterocycles. The van der Waals surface area contributed by atoms with Crippen molar-refractivity contribution < 1.29 is 23.4 Å². The predicted octanol–water partition coefficient (Wildman–Crippen LogP) is 3.19. The summed E-state index contributed by atoms with van der Waals surface area (Å²) in [4.78, 5) is 0. The number of hydrogen-bond acceptors (Lipinski definition) is 3. The number of nitrogens with two attached hydrogens (primary N) is 1. The third kappa shape index (κ3) is 3.21. The Hall–Kier alpha value is -0.790. The molecule has 0 heterocycles. The van der Waals surface area contributed by atoms with Crippen molar-refractivity contribution >= 4 is 15.9 Å². The largest absolute Gasteiger partial charge is 0.506 e. The molecule has 108 valence electrons. The van der Waals surface area contributed by atoms with Gasteiger partial charge in [0.2, 0.25) is 0 Å². The van der Waals surface area contributed by atoms with E-state index in [-0.39, 0.29) is 4.47 Å². The lowest BCUT2D eigenvalue weighted by molar-refractivity contribution is -0.138. The second-order valence-corrected chi connectivity index (χ2v) is 5.83. The number of aliphatic hydroxyl groups excluding tert-OH is 1. The summed E-state index contributed by atoms with van der Waals surface area (Å²) in [5.41, 5.74) is 3.39. The van der Waals surface area contributed by atoms with Crippen molar-refractivity contribution in [1.29, 1.82) is 0 Å². The molecule has 1 aromatic carbocycles. The van der Waals surface area contributed by atoms with Gasteiger partial charge in [-0.3, -0.25) is 0 Å². The van der Waals surface area contributed by atoms with E-state index in [1.807, 2.05) is 0 Å². The molecule has 0 saturated carbocycles. The van der Waals surface area contributed by atoms with E-state index in [1.165, 1.54) is 13.8 Å². The smallest absolute Gasteiger partial charge is 0.416 e. The first-order valence-corrected chi connectivity index (χ1v) is 6.26. The lowest BCUT2D eigenvalue weighted by Crippen LogP contribution is -2.34. The Kier molecular flexibility index (Phi) is 4.54. The quantitative estimate of drug-likeness (QED) is 0.790. The van der Waals surface area contributed by atoms with Crippen molar-refractivity contribution in [3.8, 4) is 5.75 Å². The van der Waals surface area contributed by atoms with Crippen molar-refractivity contribution in [2.75, 3.05) is 6.61 Å². The van der Waals surface area contributed by atoms with Crippen molar-refractivity contribution in [3.63, 3.8) is 0 Å². The topological polar surface area (TPSA) is 66.5 Å². The monoisotopic (exact) mass is 341 g/mol. The third-order valence-corrected chi connectivity index (χ3v) is 3.67. The van der Waals surface area contributed by atoms with Gasteiger partial charge < -0.3 is 15.9 Å². The summed E-state index contributed by atoms with van der Waals surface area (Å²) in [6, 6.07) is 0.805. The zero-order valence-corrected chi connectivity index (χ0v) is 12.0. The van der Waals surface area contributed by atoms with E-state index in [9.17, 15) is 23.4 Å². The van der Waals surface area contributed by atoms with E-state index in [1.54, 1.807) is 0 Å². The zero-order chi connectivity index (χ0) is 15.0. The van der Waals surface area contributed by atoms with Crippen LogP contribution in [0.15, 0.2) is 16.6 Å². The van der Waals surface area contributed by atoms with Crippen LogP contribution in [-0.2, 0) is 6.18 Å². The summed E-state index contributed by atoms with van der Waals surface area (Å²) in [6.45, 7) is 2.65. The standard InChI is InChI=1S/C12H15BrF3NO2/c1-11(2,5-18)10(17)8-6(12(14,15)16)3-4-7(13)9(8)19/h3-4,10,18-19H,5,17H2,1-2H3/t10-/m0/s1. The Balaban J connectivity index is 3.52.